The Labute approximate surface area is 401 Å². The fourth-order valence-electron chi connectivity index (χ4n) is 9.21. The lowest BCUT2D eigenvalue weighted by Gasteiger charge is -2.21. The lowest BCUT2D eigenvalue weighted by molar-refractivity contribution is 0.660. The van der Waals surface area contributed by atoms with Gasteiger partial charge >= 0.3 is 0 Å². The number of nitrogens with zero attached hydrogens (tertiary/aromatic N) is 5. The molecule has 1 heterocycles. The summed E-state index contributed by atoms with van der Waals surface area (Å²) in [6.45, 7) is 17.3. The van der Waals surface area contributed by atoms with Crippen LogP contribution in [0.2, 0.25) is 0 Å². The van der Waals surface area contributed by atoms with Crippen molar-refractivity contribution < 1.29 is 0 Å². The molecule has 9 aromatic rings. The van der Waals surface area contributed by atoms with E-state index in [1.165, 1.54) is 61.2 Å². The normalized spacial score (nSPS) is 13.5. The van der Waals surface area contributed by atoms with Gasteiger partial charge < -0.3 is 0 Å². The highest BCUT2D eigenvalue weighted by atomic mass is 15.0. The molecule has 1 atom stereocenters. The number of hydrogen-bond donors (Lipinski definition) is 0. The maximum absolute atomic E-state index is 5.23. The fourth-order valence-corrected chi connectivity index (χ4v) is 9.21. The van der Waals surface area contributed by atoms with E-state index < -0.39 is 0 Å². The summed E-state index contributed by atoms with van der Waals surface area (Å²) in [5, 5.41) is 0. The van der Waals surface area contributed by atoms with E-state index in [0.29, 0.717) is 17.5 Å². The Balaban J connectivity index is 0.932. The van der Waals surface area contributed by atoms with Gasteiger partial charge in [-0.3, -0.25) is 4.99 Å². The van der Waals surface area contributed by atoms with Crippen molar-refractivity contribution in [1.29, 1.82) is 0 Å². The molecule has 0 saturated heterocycles. The van der Waals surface area contributed by atoms with E-state index in [1.807, 2.05) is 0 Å². The number of benzene rings is 8. The van der Waals surface area contributed by atoms with Gasteiger partial charge in [0.05, 0.1) is 6.04 Å². The molecule has 5 nitrogen and oxygen atoms in total. The smallest absolute Gasteiger partial charge is 0.164 e. The molecule has 0 radical (unpaired) electrons. The van der Waals surface area contributed by atoms with Gasteiger partial charge in [0, 0.05) is 33.4 Å². The van der Waals surface area contributed by atoms with Crippen LogP contribution in [0, 0.1) is 27.7 Å². The first-order valence-corrected chi connectivity index (χ1v) is 23.5. The van der Waals surface area contributed by atoms with Crippen LogP contribution in [0.5, 0.6) is 0 Å². The minimum Gasteiger partial charge on any atom is -0.258 e. The molecule has 1 aliphatic rings. The molecule has 0 saturated carbocycles. The highest BCUT2D eigenvalue weighted by Gasteiger charge is 2.35. The van der Waals surface area contributed by atoms with Gasteiger partial charge in [0.1, 0.15) is 0 Å². The molecule has 0 N–H and O–H groups in total. The summed E-state index contributed by atoms with van der Waals surface area (Å²) < 4.78 is 0. The van der Waals surface area contributed by atoms with Crippen molar-refractivity contribution in [1.82, 2.24) is 15.0 Å². The topological polar surface area (TPSA) is 63.4 Å². The summed E-state index contributed by atoms with van der Waals surface area (Å²) in [7, 11) is 0. The summed E-state index contributed by atoms with van der Waals surface area (Å²) >= 11 is 0. The van der Waals surface area contributed by atoms with E-state index in [2.05, 4.69) is 237 Å². The van der Waals surface area contributed by atoms with Crippen molar-refractivity contribution in [3.63, 3.8) is 0 Å². The average molecular weight is 882 g/mol. The summed E-state index contributed by atoms with van der Waals surface area (Å²) in [4.78, 5) is 25.3. The van der Waals surface area contributed by atoms with E-state index in [0.717, 1.165) is 50.5 Å². The van der Waals surface area contributed by atoms with Gasteiger partial charge in [-0.15, -0.1) is 0 Å². The highest BCUT2D eigenvalue weighted by molar-refractivity contribution is 6.11. The molecule has 1 aromatic heterocycles. The second-order valence-corrected chi connectivity index (χ2v) is 18.9. The molecule has 10 rings (SSSR count). The fraction of sp³-hybridized carbons (Fsp3) is 0.159. The number of hydrogen-bond acceptors (Lipinski definition) is 4. The predicted octanol–water partition coefficient (Wildman–Crippen LogP) is 15.8. The summed E-state index contributed by atoms with van der Waals surface area (Å²) in [6, 6.07) is 65.0. The zero-order chi connectivity index (χ0) is 47.1. The van der Waals surface area contributed by atoms with Gasteiger partial charge in [-0.05, 0) is 109 Å². The molecule has 0 amide bonds. The van der Waals surface area contributed by atoms with Gasteiger partial charge in [-0.25, -0.2) is 19.9 Å². The molecule has 1 aliphatic carbocycles. The predicted molar refractivity (Wildman–Crippen MR) is 284 cm³/mol. The van der Waals surface area contributed by atoms with E-state index in [1.54, 1.807) is 0 Å². The Hall–Kier alpha value is -7.89. The largest absolute Gasteiger partial charge is 0.258 e. The summed E-state index contributed by atoms with van der Waals surface area (Å²) in [5.41, 5.74) is 21.7. The maximum atomic E-state index is 5.23. The molecule has 1 unspecified atom stereocenters. The van der Waals surface area contributed by atoms with Crippen LogP contribution in [0.3, 0.4) is 0 Å². The first-order valence-electron chi connectivity index (χ1n) is 23.5. The monoisotopic (exact) mass is 881 g/mol. The second-order valence-electron chi connectivity index (χ2n) is 18.9. The highest BCUT2D eigenvalue weighted by Crippen LogP contribution is 2.50. The van der Waals surface area contributed by atoms with E-state index in [-0.39, 0.29) is 11.5 Å². The number of aliphatic imine (C=N–C) groups is 2. The number of amidine groups is 1. The molecular formula is C63H55N5. The Morgan fingerprint density at radius 1 is 0.412 bits per heavy atom. The number of rotatable bonds is 9. The van der Waals surface area contributed by atoms with Crippen molar-refractivity contribution in [2.75, 3.05) is 0 Å². The van der Waals surface area contributed by atoms with Gasteiger partial charge in [0.25, 0.3) is 0 Å². The SMILES string of the molecule is CC(=NC(=NC(C)c1ccc(-c2ccc3c(c2)-c2cc(-c4ccc(-c5nc(-c6ccc(C)cc6)nc(-c6ccc(C)cc6)n5)cc4)ccc2C3(C)C)cc1)c1ccc(C)cc1)c1ccc(C)cc1. The molecule has 68 heavy (non-hydrogen) atoms. The summed E-state index contributed by atoms with van der Waals surface area (Å²) in [6.07, 6.45) is 0. The van der Waals surface area contributed by atoms with Crippen LogP contribution < -0.4 is 0 Å². The average Bonchev–Trinajstić information content (AvgIpc) is 3.59. The van der Waals surface area contributed by atoms with Gasteiger partial charge in [-0.1, -0.05) is 206 Å². The number of aryl methyl sites for hydroxylation is 4. The van der Waals surface area contributed by atoms with E-state index in [4.69, 9.17) is 24.9 Å². The third-order valence-electron chi connectivity index (χ3n) is 13.5. The minimum absolute atomic E-state index is 0.0976. The molecular weight excluding hydrogens is 827 g/mol. The van der Waals surface area contributed by atoms with Crippen LogP contribution >= 0.6 is 0 Å². The van der Waals surface area contributed by atoms with Crippen molar-refractivity contribution in [2.45, 2.75) is 66.8 Å². The Bertz CT molecular complexity index is 3300. The molecule has 0 aliphatic heterocycles. The van der Waals surface area contributed by atoms with E-state index in [9.17, 15) is 0 Å². The van der Waals surface area contributed by atoms with Crippen molar-refractivity contribution in [2.24, 2.45) is 9.98 Å². The Morgan fingerprint density at radius 2 is 0.750 bits per heavy atom. The molecule has 0 spiro atoms. The second kappa shape index (κ2) is 18.1. The summed E-state index contributed by atoms with van der Waals surface area (Å²) in [5.74, 6) is 2.70. The maximum Gasteiger partial charge on any atom is 0.164 e. The van der Waals surface area contributed by atoms with Crippen LogP contribution in [0.15, 0.2) is 192 Å². The third-order valence-corrected chi connectivity index (χ3v) is 13.5. The molecule has 5 heteroatoms. The quantitative estimate of drug-likeness (QED) is 0.107. The molecule has 332 valence electrons. The zero-order valence-corrected chi connectivity index (χ0v) is 40.1. The lowest BCUT2D eigenvalue weighted by atomic mass is 9.82. The molecule has 0 bridgehead atoms. The van der Waals surface area contributed by atoms with Crippen LogP contribution in [0.4, 0.5) is 0 Å². The minimum atomic E-state index is -0.124. The van der Waals surface area contributed by atoms with Crippen LogP contribution in [-0.2, 0) is 5.41 Å². The van der Waals surface area contributed by atoms with Crippen molar-refractivity contribution >= 4 is 11.5 Å². The van der Waals surface area contributed by atoms with Gasteiger partial charge in [0.15, 0.2) is 23.3 Å². The standard InChI is InChI=1S/C63H55N5/c1-39-9-17-45(18-10-39)43(5)64-59(49-19-11-40(2)12-20-49)65-44(6)46-25-27-47(28-26-46)53-33-35-57-55(37-53)56-38-54(34-36-58(56)63(57,7)8)48-29-31-52(32-30-48)62-67-60(50-21-13-41(3)14-22-50)66-61(68-62)51-23-15-42(4)16-24-51/h9-38,44H,1-8H3. The van der Waals surface area contributed by atoms with Crippen LogP contribution in [0.25, 0.3) is 67.5 Å². The van der Waals surface area contributed by atoms with Crippen LogP contribution in [-0.4, -0.2) is 26.5 Å². The lowest BCUT2D eigenvalue weighted by Crippen LogP contribution is -2.14. The van der Waals surface area contributed by atoms with Crippen LogP contribution in [0.1, 0.15) is 83.8 Å². The molecule has 8 aromatic carbocycles. The molecule has 0 fully saturated rings. The first kappa shape index (κ1) is 44.0. The number of fused-ring (bicyclic) bond motifs is 3. The van der Waals surface area contributed by atoms with Gasteiger partial charge in [0.2, 0.25) is 0 Å². The van der Waals surface area contributed by atoms with E-state index >= 15 is 0 Å². The first-order chi connectivity index (χ1) is 32.9. The Kier molecular flexibility index (Phi) is 11.7. The van der Waals surface area contributed by atoms with Gasteiger partial charge in [-0.2, -0.15) is 0 Å². The number of aromatic nitrogens is 3. The van der Waals surface area contributed by atoms with Crippen molar-refractivity contribution in [3.05, 3.63) is 232 Å². The van der Waals surface area contributed by atoms with Crippen molar-refractivity contribution in [3.8, 4) is 67.5 Å². The third kappa shape index (κ3) is 8.88. The zero-order valence-electron chi connectivity index (χ0n) is 40.1. The Morgan fingerprint density at radius 3 is 1.18 bits per heavy atom.